The molecule has 1 fully saturated rings. The quantitative estimate of drug-likeness (QED) is 0.517. The van der Waals surface area contributed by atoms with E-state index in [4.69, 9.17) is 8.85 Å². The summed E-state index contributed by atoms with van der Waals surface area (Å²) in [4.78, 5) is 2.71. The minimum absolute atomic E-state index is 0.784. The van der Waals surface area contributed by atoms with Crippen molar-refractivity contribution >= 4 is 8.56 Å². The molecule has 1 heterocycles. The second-order valence-electron chi connectivity index (χ2n) is 7.48. The van der Waals surface area contributed by atoms with Gasteiger partial charge in [0.2, 0.25) is 0 Å². The molecule has 0 aromatic carbocycles. The van der Waals surface area contributed by atoms with Crippen LogP contribution in [0.4, 0.5) is 0 Å². The van der Waals surface area contributed by atoms with Gasteiger partial charge >= 0.3 is 8.56 Å². The lowest BCUT2D eigenvalue weighted by molar-refractivity contribution is 0.185. The molecule has 1 aliphatic heterocycles. The van der Waals surface area contributed by atoms with Crippen molar-refractivity contribution in [2.75, 3.05) is 32.8 Å². The van der Waals surface area contributed by atoms with Crippen LogP contribution in [0.3, 0.4) is 0 Å². The van der Waals surface area contributed by atoms with E-state index in [-0.39, 0.29) is 0 Å². The van der Waals surface area contributed by atoms with E-state index in [9.17, 15) is 0 Å². The second-order valence-corrected chi connectivity index (χ2v) is 10.8. The van der Waals surface area contributed by atoms with Crippen molar-refractivity contribution in [1.29, 1.82) is 0 Å². The molecular weight excluding hydrogens is 314 g/mol. The minimum Gasteiger partial charge on any atom is -0.395 e. The molecule has 0 radical (unpaired) electrons. The molecule has 4 heteroatoms. The van der Waals surface area contributed by atoms with E-state index < -0.39 is 8.56 Å². The van der Waals surface area contributed by atoms with Crippen LogP contribution in [0, 0.1) is 0 Å². The summed E-state index contributed by atoms with van der Waals surface area (Å²) in [5, 5.41) is 0. The maximum absolute atomic E-state index is 5.98. The molecule has 0 aromatic heterocycles. The zero-order valence-electron chi connectivity index (χ0n) is 16.8. The lowest BCUT2D eigenvalue weighted by Gasteiger charge is -2.28. The van der Waals surface area contributed by atoms with Crippen molar-refractivity contribution in [2.24, 2.45) is 0 Å². The van der Waals surface area contributed by atoms with Crippen LogP contribution in [0.25, 0.3) is 0 Å². The van der Waals surface area contributed by atoms with Gasteiger partial charge in [0.25, 0.3) is 0 Å². The van der Waals surface area contributed by atoms with Gasteiger partial charge in [0.15, 0.2) is 0 Å². The van der Waals surface area contributed by atoms with Crippen LogP contribution in [0.15, 0.2) is 0 Å². The van der Waals surface area contributed by atoms with E-state index in [0.717, 1.165) is 19.3 Å². The maximum Gasteiger partial charge on any atom is 0.334 e. The van der Waals surface area contributed by atoms with Crippen LogP contribution in [-0.2, 0) is 8.85 Å². The number of hydrogen-bond acceptors (Lipinski definition) is 3. The fourth-order valence-electron chi connectivity index (χ4n) is 3.84. The molecule has 0 aromatic rings. The normalized spacial score (nSPS) is 20.1. The van der Waals surface area contributed by atoms with Gasteiger partial charge < -0.3 is 13.8 Å². The van der Waals surface area contributed by atoms with Crippen LogP contribution in [0.1, 0.15) is 84.5 Å². The van der Waals surface area contributed by atoms with Gasteiger partial charge in [0, 0.05) is 13.2 Å². The Hall–Kier alpha value is 0.0969. The van der Waals surface area contributed by atoms with Crippen molar-refractivity contribution < 1.29 is 8.85 Å². The molecule has 1 aliphatic rings. The summed E-state index contributed by atoms with van der Waals surface area (Å²) in [5.41, 5.74) is 0. The molecule has 0 bridgehead atoms. The van der Waals surface area contributed by atoms with Crippen molar-refractivity contribution in [3.8, 4) is 0 Å². The molecule has 0 unspecified atom stereocenters. The molecule has 3 nitrogen and oxygen atoms in total. The third-order valence-corrected chi connectivity index (χ3v) is 8.26. The fraction of sp³-hybridized carbons (Fsp3) is 1.00. The Morgan fingerprint density at radius 1 is 0.708 bits per heavy atom. The molecule has 1 rings (SSSR count). The molecule has 144 valence electrons. The lowest BCUT2D eigenvalue weighted by atomic mass is 10.1. The third-order valence-electron chi connectivity index (χ3n) is 5.20. The highest BCUT2D eigenvalue weighted by atomic mass is 28.4. The number of nitrogens with zero attached hydrogens (tertiary/aromatic N) is 1. The van der Waals surface area contributed by atoms with Gasteiger partial charge in [-0.2, -0.15) is 0 Å². The highest BCUT2D eigenvalue weighted by molar-refractivity contribution is 6.66. The highest BCUT2D eigenvalue weighted by Crippen LogP contribution is 2.18. The fourth-order valence-corrected chi connectivity index (χ4v) is 6.23. The van der Waals surface area contributed by atoms with Crippen molar-refractivity contribution in [3.05, 3.63) is 0 Å². The zero-order chi connectivity index (χ0) is 17.5. The predicted octanol–water partition coefficient (Wildman–Crippen LogP) is 5.74. The monoisotopic (exact) mass is 357 g/mol. The van der Waals surface area contributed by atoms with Crippen LogP contribution < -0.4 is 0 Å². The Morgan fingerprint density at radius 2 is 1.12 bits per heavy atom. The van der Waals surface area contributed by atoms with Gasteiger partial charge in [-0.25, -0.2) is 0 Å². The topological polar surface area (TPSA) is 21.7 Å². The maximum atomic E-state index is 5.98. The molecule has 0 spiro atoms. The van der Waals surface area contributed by atoms with Crippen molar-refractivity contribution in [3.63, 3.8) is 0 Å². The average Bonchev–Trinajstić information content (AvgIpc) is 2.57. The van der Waals surface area contributed by atoms with Gasteiger partial charge in [-0.1, -0.05) is 51.4 Å². The average molecular weight is 358 g/mol. The van der Waals surface area contributed by atoms with Gasteiger partial charge in [-0.3, -0.25) is 0 Å². The minimum atomic E-state index is -1.92. The molecule has 0 aliphatic carbocycles. The van der Waals surface area contributed by atoms with E-state index in [2.05, 4.69) is 25.3 Å². The largest absolute Gasteiger partial charge is 0.395 e. The van der Waals surface area contributed by atoms with Crippen LogP contribution >= 0.6 is 0 Å². The molecule has 0 saturated carbocycles. The summed E-state index contributed by atoms with van der Waals surface area (Å²) in [6.07, 6.45) is 15.5. The van der Waals surface area contributed by atoms with Gasteiger partial charge in [0.1, 0.15) is 0 Å². The van der Waals surface area contributed by atoms with Gasteiger partial charge in [0.05, 0.1) is 0 Å². The van der Waals surface area contributed by atoms with Gasteiger partial charge in [-0.15, -0.1) is 0 Å². The Bertz CT molecular complexity index is 269. The Kier molecular flexibility index (Phi) is 13.2. The summed E-state index contributed by atoms with van der Waals surface area (Å²) in [6.45, 7) is 11.8. The zero-order valence-corrected chi connectivity index (χ0v) is 17.8. The van der Waals surface area contributed by atoms with E-state index in [0.29, 0.717) is 0 Å². The summed E-state index contributed by atoms with van der Waals surface area (Å²) < 4.78 is 12.0. The first-order valence-electron chi connectivity index (χ1n) is 10.7. The molecule has 0 atom stereocenters. The lowest BCUT2D eigenvalue weighted by Crippen LogP contribution is -2.39. The van der Waals surface area contributed by atoms with E-state index in [1.807, 2.05) is 0 Å². The van der Waals surface area contributed by atoms with Crippen LogP contribution in [0.2, 0.25) is 12.6 Å². The highest BCUT2D eigenvalue weighted by Gasteiger charge is 2.30. The SMILES string of the molecule is CCO[Si](C)(CCCN1CCCCCCCCCCCC1)OCC. The van der Waals surface area contributed by atoms with Crippen LogP contribution in [0.5, 0.6) is 0 Å². The smallest absolute Gasteiger partial charge is 0.334 e. The predicted molar refractivity (Wildman–Crippen MR) is 107 cm³/mol. The third kappa shape index (κ3) is 10.9. The molecule has 1 saturated heterocycles. The first-order valence-corrected chi connectivity index (χ1v) is 13.2. The summed E-state index contributed by atoms with van der Waals surface area (Å²) in [5.74, 6) is 0. The van der Waals surface area contributed by atoms with E-state index in [1.54, 1.807) is 0 Å². The first kappa shape index (κ1) is 22.1. The first-order chi connectivity index (χ1) is 11.7. The van der Waals surface area contributed by atoms with Crippen LogP contribution in [-0.4, -0.2) is 46.3 Å². The molecule has 0 amide bonds. The Labute approximate surface area is 152 Å². The summed E-state index contributed by atoms with van der Waals surface area (Å²) in [6, 6.07) is 1.13. The standard InChI is InChI=1S/C20H43NO2Si/c1-4-22-24(3,23-5-2)20-16-19-21-17-14-12-10-8-6-7-9-11-13-15-18-21/h4-20H2,1-3H3. The van der Waals surface area contributed by atoms with E-state index >= 15 is 0 Å². The molecule has 24 heavy (non-hydrogen) atoms. The molecular formula is C20H43NO2Si. The Morgan fingerprint density at radius 3 is 1.54 bits per heavy atom. The summed E-state index contributed by atoms with van der Waals surface area (Å²) in [7, 11) is -1.92. The number of rotatable bonds is 8. The van der Waals surface area contributed by atoms with Crippen molar-refractivity contribution in [1.82, 2.24) is 4.90 Å². The van der Waals surface area contributed by atoms with Crippen molar-refractivity contribution in [2.45, 2.75) is 97.1 Å². The summed E-state index contributed by atoms with van der Waals surface area (Å²) >= 11 is 0. The number of hydrogen-bond donors (Lipinski definition) is 0. The molecule has 0 N–H and O–H groups in total. The van der Waals surface area contributed by atoms with Gasteiger partial charge in [-0.05, 0) is 65.3 Å². The van der Waals surface area contributed by atoms with E-state index in [1.165, 1.54) is 90.3 Å². The Balaban J connectivity index is 2.34. The second kappa shape index (κ2) is 14.3.